The topological polar surface area (TPSA) is 80.3 Å². The summed E-state index contributed by atoms with van der Waals surface area (Å²) in [4.78, 5) is 19.6. The van der Waals surface area contributed by atoms with Crippen molar-refractivity contribution >= 4 is 5.91 Å². The number of amides is 1. The highest BCUT2D eigenvalue weighted by molar-refractivity contribution is 5.94. The summed E-state index contributed by atoms with van der Waals surface area (Å²) < 4.78 is 11.7. The standard InChI is InChI=1S/C25H28N4O3/c1-2-31-22-9-4-3-6-18(22)14-17-10-11-21(26-15-17)23-16-29(12-13-32-23)25(30)24-19-7-5-8-20(19)27-28-24/h3-4,6,9-11,15,23H,2,5,7-8,12-14,16H2,1H3,(H,27,28)/t23-/m0/s1. The van der Waals surface area contributed by atoms with Gasteiger partial charge in [-0.15, -0.1) is 0 Å². The zero-order valence-electron chi connectivity index (χ0n) is 18.3. The van der Waals surface area contributed by atoms with Crippen molar-refractivity contribution in [3.05, 3.63) is 76.4 Å². The van der Waals surface area contributed by atoms with Gasteiger partial charge >= 0.3 is 0 Å². The number of nitrogens with one attached hydrogen (secondary N) is 1. The van der Waals surface area contributed by atoms with Crippen LogP contribution in [0.3, 0.4) is 0 Å². The first-order chi connectivity index (χ1) is 15.7. The van der Waals surface area contributed by atoms with Crippen LogP contribution in [0.4, 0.5) is 0 Å². The van der Waals surface area contributed by atoms with Gasteiger partial charge in [0.25, 0.3) is 5.91 Å². The highest BCUT2D eigenvalue weighted by Crippen LogP contribution is 2.27. The van der Waals surface area contributed by atoms with Crippen molar-refractivity contribution in [1.82, 2.24) is 20.1 Å². The van der Waals surface area contributed by atoms with E-state index in [1.54, 1.807) is 0 Å². The monoisotopic (exact) mass is 432 g/mol. The quantitative estimate of drug-likeness (QED) is 0.645. The largest absolute Gasteiger partial charge is 0.494 e. The lowest BCUT2D eigenvalue weighted by Gasteiger charge is -2.32. The van der Waals surface area contributed by atoms with Crippen molar-refractivity contribution in [2.24, 2.45) is 0 Å². The SMILES string of the molecule is CCOc1ccccc1Cc1ccc([C@@H]2CN(C(=O)c3n[nH]c4c3CCC4)CCO2)nc1. The third-order valence-corrected chi connectivity index (χ3v) is 6.21. The Morgan fingerprint density at radius 3 is 3.00 bits per heavy atom. The van der Waals surface area contributed by atoms with Crippen molar-refractivity contribution in [1.29, 1.82) is 0 Å². The number of carbonyl (C=O) groups excluding carboxylic acids is 1. The van der Waals surface area contributed by atoms with E-state index in [1.807, 2.05) is 42.3 Å². The number of rotatable bonds is 6. The van der Waals surface area contributed by atoms with Gasteiger partial charge in [-0.1, -0.05) is 24.3 Å². The minimum atomic E-state index is -0.232. The molecule has 2 aliphatic rings. The second kappa shape index (κ2) is 9.12. The molecule has 166 valence electrons. The summed E-state index contributed by atoms with van der Waals surface area (Å²) in [6.07, 6.45) is 5.40. The molecule has 7 nitrogen and oxygen atoms in total. The third kappa shape index (κ3) is 4.12. The molecular weight excluding hydrogens is 404 g/mol. The molecule has 7 heteroatoms. The molecule has 0 spiro atoms. The van der Waals surface area contributed by atoms with Gasteiger partial charge in [-0.25, -0.2) is 0 Å². The van der Waals surface area contributed by atoms with Gasteiger partial charge in [-0.3, -0.25) is 14.9 Å². The van der Waals surface area contributed by atoms with E-state index in [0.29, 0.717) is 32.0 Å². The maximum absolute atomic E-state index is 13.1. The summed E-state index contributed by atoms with van der Waals surface area (Å²) in [5.41, 5.74) is 5.87. The smallest absolute Gasteiger partial charge is 0.274 e. The summed E-state index contributed by atoms with van der Waals surface area (Å²) in [7, 11) is 0. The maximum Gasteiger partial charge on any atom is 0.274 e. The lowest BCUT2D eigenvalue weighted by atomic mass is 10.0. The first-order valence-corrected chi connectivity index (χ1v) is 11.4. The minimum Gasteiger partial charge on any atom is -0.494 e. The van der Waals surface area contributed by atoms with Gasteiger partial charge < -0.3 is 14.4 Å². The van der Waals surface area contributed by atoms with Crippen LogP contribution in [-0.4, -0.2) is 52.3 Å². The third-order valence-electron chi connectivity index (χ3n) is 6.21. The Bertz CT molecular complexity index is 1090. The second-order valence-corrected chi connectivity index (χ2v) is 8.30. The van der Waals surface area contributed by atoms with Crippen LogP contribution in [0.5, 0.6) is 5.75 Å². The van der Waals surface area contributed by atoms with Crippen LogP contribution >= 0.6 is 0 Å². The number of fused-ring (bicyclic) bond motifs is 1. The van der Waals surface area contributed by atoms with Gasteiger partial charge in [-0.2, -0.15) is 5.10 Å². The number of benzene rings is 1. The molecule has 0 saturated carbocycles. The molecule has 3 aromatic rings. The molecule has 1 aliphatic heterocycles. The molecule has 3 heterocycles. The normalized spacial score (nSPS) is 17.9. The van der Waals surface area contributed by atoms with Crippen molar-refractivity contribution in [2.45, 2.75) is 38.7 Å². The number of H-pyrrole nitrogens is 1. The van der Waals surface area contributed by atoms with Gasteiger partial charge in [0, 0.05) is 30.4 Å². The van der Waals surface area contributed by atoms with Crippen molar-refractivity contribution < 1.29 is 14.3 Å². The fourth-order valence-corrected chi connectivity index (χ4v) is 4.56. The number of pyridine rings is 1. The van der Waals surface area contributed by atoms with E-state index >= 15 is 0 Å². The van der Waals surface area contributed by atoms with E-state index in [2.05, 4.69) is 27.3 Å². The van der Waals surface area contributed by atoms with Crippen LogP contribution in [0.1, 0.15) is 58.0 Å². The molecule has 1 fully saturated rings. The molecule has 5 rings (SSSR count). The Balaban J connectivity index is 1.26. The van der Waals surface area contributed by atoms with Gasteiger partial charge in [-0.05, 0) is 49.4 Å². The Morgan fingerprint density at radius 1 is 1.25 bits per heavy atom. The van der Waals surface area contributed by atoms with E-state index in [1.165, 1.54) is 0 Å². The molecule has 1 amide bonds. The van der Waals surface area contributed by atoms with Crippen LogP contribution in [0.15, 0.2) is 42.6 Å². The fraction of sp³-hybridized carbons (Fsp3) is 0.400. The van der Waals surface area contributed by atoms with E-state index in [0.717, 1.165) is 59.5 Å². The Hall–Kier alpha value is -3.19. The molecule has 1 aliphatic carbocycles. The average Bonchev–Trinajstić information content (AvgIpc) is 3.45. The first-order valence-electron chi connectivity index (χ1n) is 11.4. The molecule has 0 radical (unpaired) electrons. The molecule has 0 unspecified atom stereocenters. The first kappa shape index (κ1) is 20.7. The van der Waals surface area contributed by atoms with E-state index in [9.17, 15) is 4.79 Å². The molecule has 1 N–H and O–H groups in total. The van der Waals surface area contributed by atoms with E-state index < -0.39 is 0 Å². The fourth-order valence-electron chi connectivity index (χ4n) is 4.56. The van der Waals surface area contributed by atoms with Crippen molar-refractivity contribution in [3.63, 3.8) is 0 Å². The van der Waals surface area contributed by atoms with Crippen LogP contribution < -0.4 is 4.74 Å². The number of hydrogen-bond donors (Lipinski definition) is 1. The number of aromatic amines is 1. The molecule has 32 heavy (non-hydrogen) atoms. The number of aryl methyl sites for hydroxylation is 1. The summed E-state index contributed by atoms with van der Waals surface area (Å²) in [6.45, 7) is 4.19. The predicted octanol–water partition coefficient (Wildman–Crippen LogP) is 3.50. The molecular formula is C25H28N4O3. The average molecular weight is 433 g/mol. The lowest BCUT2D eigenvalue weighted by molar-refractivity contribution is -0.0249. The molecule has 1 aromatic carbocycles. The number of carbonyl (C=O) groups is 1. The van der Waals surface area contributed by atoms with Crippen molar-refractivity contribution in [3.8, 4) is 5.75 Å². The summed E-state index contributed by atoms with van der Waals surface area (Å²) in [5.74, 6) is 0.899. The Kier molecular flexibility index (Phi) is 5.90. The number of aromatic nitrogens is 3. The van der Waals surface area contributed by atoms with Crippen LogP contribution in [0, 0.1) is 0 Å². The number of morpholine rings is 1. The highest BCUT2D eigenvalue weighted by atomic mass is 16.5. The number of para-hydroxylation sites is 1. The zero-order valence-corrected chi connectivity index (χ0v) is 18.3. The highest BCUT2D eigenvalue weighted by Gasteiger charge is 2.31. The van der Waals surface area contributed by atoms with E-state index in [4.69, 9.17) is 9.47 Å². The minimum absolute atomic E-state index is 0.0122. The van der Waals surface area contributed by atoms with Crippen LogP contribution in [0.25, 0.3) is 0 Å². The Labute approximate surface area is 187 Å². The van der Waals surface area contributed by atoms with Crippen LogP contribution in [-0.2, 0) is 24.0 Å². The van der Waals surface area contributed by atoms with Gasteiger partial charge in [0.05, 0.1) is 25.5 Å². The van der Waals surface area contributed by atoms with E-state index in [-0.39, 0.29) is 12.0 Å². The summed E-state index contributed by atoms with van der Waals surface area (Å²) >= 11 is 0. The molecule has 2 aromatic heterocycles. The van der Waals surface area contributed by atoms with Gasteiger partial charge in [0.1, 0.15) is 11.9 Å². The van der Waals surface area contributed by atoms with Crippen LogP contribution in [0.2, 0.25) is 0 Å². The molecule has 0 bridgehead atoms. The zero-order chi connectivity index (χ0) is 21.9. The van der Waals surface area contributed by atoms with Crippen molar-refractivity contribution in [2.75, 3.05) is 26.3 Å². The Morgan fingerprint density at radius 2 is 2.16 bits per heavy atom. The summed E-state index contributed by atoms with van der Waals surface area (Å²) in [5, 5.41) is 7.34. The predicted molar refractivity (Wildman–Crippen MR) is 120 cm³/mol. The molecule has 1 saturated heterocycles. The number of ether oxygens (including phenoxy) is 2. The summed E-state index contributed by atoms with van der Waals surface area (Å²) in [6, 6.07) is 12.2. The maximum atomic E-state index is 13.1. The second-order valence-electron chi connectivity index (χ2n) is 8.30. The number of hydrogen-bond acceptors (Lipinski definition) is 5. The lowest BCUT2D eigenvalue weighted by Crippen LogP contribution is -2.42. The number of nitrogens with zero attached hydrogens (tertiary/aromatic N) is 3. The van der Waals surface area contributed by atoms with Gasteiger partial charge in [0.15, 0.2) is 5.69 Å². The molecule has 1 atom stereocenters. The van der Waals surface area contributed by atoms with Gasteiger partial charge in [0.2, 0.25) is 0 Å².